The molecule has 9 heterocycles. The Balaban J connectivity index is 1.05. The van der Waals surface area contributed by atoms with Gasteiger partial charge in [-0.2, -0.15) is 0 Å². The maximum Gasteiger partial charge on any atom is 0.330 e. The average Bonchev–Trinajstić information content (AvgIpc) is 0.951. The molecule has 11 bridgehead atoms. The van der Waals surface area contributed by atoms with Crippen LogP contribution >= 0.6 is 23.2 Å². The summed E-state index contributed by atoms with van der Waals surface area (Å²) in [7, 11) is 1.46. The lowest BCUT2D eigenvalue weighted by molar-refractivity contribution is -0.350. The number of carboxylic acids is 1. The fourth-order valence-electron chi connectivity index (χ4n) is 15.3. The minimum atomic E-state index is -2.42. The van der Waals surface area contributed by atoms with E-state index >= 15 is 24.0 Å². The number of aliphatic hydroxyl groups excluding tert-OH is 8. The molecule has 14 rings (SSSR count). The number of hydrogen-bond donors (Lipinski definition) is 22. The molecule has 3 fully saturated rings. The fraction of sp³-hybridized carbons (Fsp3) is 0.481. The number of aryl methyl sites for hydroxylation is 2. The van der Waals surface area contributed by atoms with E-state index in [0.29, 0.717) is 17.9 Å². The van der Waals surface area contributed by atoms with Crippen molar-refractivity contribution in [3.8, 4) is 57.1 Å². The van der Waals surface area contributed by atoms with Crippen LogP contribution in [0.25, 0.3) is 11.1 Å². The summed E-state index contributed by atoms with van der Waals surface area (Å²) >= 11 is 14.5. The Hall–Kier alpha value is -10.2. The van der Waals surface area contributed by atoms with Crippen molar-refractivity contribution in [2.75, 3.05) is 26.7 Å². The minimum Gasteiger partial charge on any atom is -0.508 e. The molecule has 121 heavy (non-hydrogen) atoms. The first-order valence-electron chi connectivity index (χ1n) is 38.5. The molecule has 654 valence electrons. The number of primary amides is 1. The minimum absolute atomic E-state index is 0.128. The SMILES string of the molecule is CN[C@H](CC(C)C)C(=O)N[C@H]1C(=O)N[C@@H](CC(N)=O)C(=O)N[C@H]2C(=O)N[C@H]3C(=O)N[C@H](C(=O)N[C@@H](C(=O)O)c4cc(O)cc(O)c4-c4cc3ccc4O)[C@H](OC3C[C@](C)(N)[C@@H](O)[C@H](C)O3)c3ccc(c(Cl)c3)Oc3cc2cc(c3O[C@@H]2O[C@H](CO)[C@@H](O[C@@H]3O[C@H](CNCCc4c(C)noc4C)[C@H](O)[C@H](O)[C@H]3O)[C@H](O)[C@H]2O)Oc2ccc(cc2Cl)[C@H]1O. The number of halogens is 2. The third-order valence-electron chi connectivity index (χ3n) is 21.8. The van der Waals surface area contributed by atoms with Crippen LogP contribution in [0.2, 0.25) is 10.0 Å². The number of phenolic OH excluding ortho intramolecular Hbond substituents is 3. The lowest BCUT2D eigenvalue weighted by atomic mass is 9.86. The molecule has 3 saturated heterocycles. The number of amides is 7. The number of ether oxygens (including phenoxy) is 8. The van der Waals surface area contributed by atoms with Gasteiger partial charge in [-0.25, -0.2) is 4.79 Å². The van der Waals surface area contributed by atoms with Gasteiger partial charge in [-0.15, -0.1) is 0 Å². The van der Waals surface area contributed by atoms with E-state index in [2.05, 4.69) is 47.7 Å². The Bertz CT molecular complexity index is 4890. The van der Waals surface area contributed by atoms with Crippen LogP contribution in [-0.2, 0) is 68.5 Å². The van der Waals surface area contributed by atoms with E-state index < -0.39 is 279 Å². The fourth-order valence-corrected chi connectivity index (χ4v) is 15.8. The number of rotatable bonds is 20. The molecule has 1 aromatic heterocycles. The molecular weight excluding hydrogens is 1640 g/mol. The van der Waals surface area contributed by atoms with Crippen molar-refractivity contribution in [1.29, 1.82) is 0 Å². The molecule has 1 unspecified atom stereocenters. The number of carbonyl (C=O) groups is 8. The molecule has 5 aromatic carbocycles. The van der Waals surface area contributed by atoms with Crippen LogP contribution in [0.15, 0.2) is 83.4 Å². The Morgan fingerprint density at radius 2 is 1.32 bits per heavy atom. The summed E-state index contributed by atoms with van der Waals surface area (Å²) < 4.78 is 56.3. The highest BCUT2D eigenvalue weighted by molar-refractivity contribution is 6.32. The number of benzene rings is 5. The van der Waals surface area contributed by atoms with Crippen molar-refractivity contribution in [2.24, 2.45) is 17.4 Å². The Morgan fingerprint density at radius 3 is 1.94 bits per heavy atom. The molecule has 6 aromatic rings. The van der Waals surface area contributed by atoms with Gasteiger partial charge in [0.1, 0.15) is 126 Å². The van der Waals surface area contributed by atoms with E-state index in [9.17, 15) is 75.7 Å². The van der Waals surface area contributed by atoms with Gasteiger partial charge < -0.3 is 158 Å². The molecule has 0 spiro atoms. The van der Waals surface area contributed by atoms with Gasteiger partial charge in [0.15, 0.2) is 30.1 Å². The van der Waals surface area contributed by atoms with Gasteiger partial charge >= 0.3 is 5.97 Å². The second kappa shape index (κ2) is 37.3. The van der Waals surface area contributed by atoms with Gasteiger partial charge in [-0.3, -0.25) is 33.6 Å². The quantitative estimate of drug-likeness (QED) is 0.0423. The monoisotopic (exact) mass is 1730 g/mol. The second-order valence-electron chi connectivity index (χ2n) is 31.1. The van der Waals surface area contributed by atoms with Gasteiger partial charge in [0.05, 0.1) is 47.0 Å². The number of carboxylic acid groups (broad SMARTS) is 1. The number of aromatic hydroxyl groups is 3. The highest BCUT2D eigenvalue weighted by Gasteiger charge is 2.53. The molecule has 8 aliphatic rings. The van der Waals surface area contributed by atoms with E-state index in [1.54, 1.807) is 27.7 Å². The van der Waals surface area contributed by atoms with Crippen molar-refractivity contribution in [1.82, 2.24) is 47.7 Å². The Kier molecular flexibility index (Phi) is 27.7. The topological polar surface area (TPSA) is 627 Å². The average molecular weight is 1730 g/mol. The van der Waals surface area contributed by atoms with E-state index in [-0.39, 0.29) is 48.5 Å². The summed E-state index contributed by atoms with van der Waals surface area (Å²) in [6.07, 6.45) is -28.6. The van der Waals surface area contributed by atoms with E-state index in [4.69, 9.17) is 77.1 Å². The first-order valence-corrected chi connectivity index (χ1v) is 39.2. The predicted octanol–water partition coefficient (Wildman–Crippen LogP) is -0.625. The smallest absolute Gasteiger partial charge is 0.330 e. The van der Waals surface area contributed by atoms with Crippen LogP contribution in [-0.4, -0.2) is 250 Å². The van der Waals surface area contributed by atoms with E-state index in [1.165, 1.54) is 33.0 Å². The highest BCUT2D eigenvalue weighted by Crippen LogP contribution is 2.50. The third kappa shape index (κ3) is 19.5. The van der Waals surface area contributed by atoms with Crippen LogP contribution < -0.4 is 68.2 Å². The molecule has 42 heteroatoms. The van der Waals surface area contributed by atoms with Crippen LogP contribution in [0.5, 0.6) is 46.0 Å². The summed E-state index contributed by atoms with van der Waals surface area (Å²) in [6, 6.07) is -0.999. The molecular formula is C79H95Cl2N11O29. The first-order chi connectivity index (χ1) is 57.2. The number of carbonyl (C=O) groups excluding carboxylic acids is 7. The lowest BCUT2D eigenvalue weighted by Gasteiger charge is -2.46. The number of nitrogens with one attached hydrogen (secondary N) is 8. The van der Waals surface area contributed by atoms with Gasteiger partial charge in [0.25, 0.3) is 0 Å². The van der Waals surface area contributed by atoms with Crippen molar-refractivity contribution < 1.29 is 142 Å². The number of phenols is 3. The highest BCUT2D eigenvalue weighted by atomic mass is 35.5. The molecule has 0 radical (unpaired) electrons. The van der Waals surface area contributed by atoms with Crippen LogP contribution in [0.3, 0.4) is 0 Å². The van der Waals surface area contributed by atoms with Crippen molar-refractivity contribution >= 4 is 70.5 Å². The first kappa shape index (κ1) is 90.1. The zero-order valence-corrected chi connectivity index (χ0v) is 67.4. The standard InChI is InChI=1S/C79H95Cl2N11O29/c1-28(2)16-42(84-7)70(105)90-58-60(98)33-9-12-46(40(80)18-33)114-48-20-35-21-49(67(48)119-78-65(103)63(101)68(51(27-93)117-78)120-77-64(102)62(100)61(99)50(116-77)26-85-15-14-37-29(3)92-121-30(37)4)115-47-13-10-34(19-41(47)81)66(118-53-25-79(6,83)69(104)31(5)113-53)59-75(110)89-57(76(111)112)39-22-36(94)23-45(96)54(39)38-17-32(8-11-44(38)95)55(72(107)91-59)88-73(108)56(35)87-71(106)43(24-52(82)97)86-74(58)109/h8-13,17-23,28,31,42-43,50-51,53,55-66,68-69,77-78,84-85,93-96,98-104H,14-16,24-27,83H2,1-7H3,(H2,82,97)(H,86,109)(H,87,106)(H,88,108)(H,89,110)(H,90,105)(H,91,107)(H,111,112)/t31-,42+,43-,50+,51+,53?,55+,56+,57+,58+,59-,60+,61-,62-,63+,64+,65+,66+,68+,69-,77-,78-,79-/m0/s1. The lowest BCUT2D eigenvalue weighted by Crippen LogP contribution is -2.65. The number of nitrogens with zero attached hydrogens (tertiary/aromatic N) is 1. The number of aromatic nitrogens is 1. The number of nitrogens with two attached hydrogens (primary N) is 2. The zero-order valence-electron chi connectivity index (χ0n) is 65.9. The number of hydrogen-bond acceptors (Lipinski definition) is 32. The Labute approximate surface area is 699 Å². The molecule has 0 aliphatic carbocycles. The normalized spacial score (nSPS) is 30.4. The number of aliphatic carboxylic acids is 1. The van der Waals surface area contributed by atoms with Crippen molar-refractivity contribution in [3.63, 3.8) is 0 Å². The van der Waals surface area contributed by atoms with Crippen molar-refractivity contribution in [2.45, 2.75) is 207 Å². The third-order valence-corrected chi connectivity index (χ3v) is 22.4. The molecule has 8 aliphatic heterocycles. The maximum absolute atomic E-state index is 16.4. The van der Waals surface area contributed by atoms with Gasteiger partial charge in [0, 0.05) is 46.8 Å². The van der Waals surface area contributed by atoms with Crippen LogP contribution in [0, 0.1) is 19.8 Å². The maximum atomic E-state index is 16.4. The predicted molar refractivity (Wildman–Crippen MR) is 417 cm³/mol. The molecule has 40 nitrogen and oxygen atoms in total. The molecule has 24 N–H and O–H groups in total. The Morgan fingerprint density at radius 1 is 0.694 bits per heavy atom. The summed E-state index contributed by atoms with van der Waals surface area (Å²) in [4.78, 5) is 120. The molecule has 0 saturated carbocycles. The molecule has 7 amide bonds. The van der Waals surface area contributed by atoms with Crippen LogP contribution in [0.4, 0.5) is 0 Å². The summed E-state index contributed by atoms with van der Waals surface area (Å²) in [5.41, 5.74) is 9.44. The van der Waals surface area contributed by atoms with Crippen molar-refractivity contribution in [3.05, 3.63) is 134 Å². The second-order valence-corrected chi connectivity index (χ2v) is 31.9. The summed E-state index contributed by atoms with van der Waals surface area (Å²) in [5, 5.41) is 163. The van der Waals surface area contributed by atoms with Gasteiger partial charge in [0.2, 0.25) is 53.4 Å². The summed E-state index contributed by atoms with van der Waals surface area (Å²) in [6.45, 7) is 9.04. The zero-order chi connectivity index (χ0) is 87.8. The van der Waals surface area contributed by atoms with Gasteiger partial charge in [-0.1, -0.05) is 60.4 Å². The number of likely N-dealkylation sites (N-methyl/N-ethyl adjacent to an activating group) is 1. The largest absolute Gasteiger partial charge is 0.508 e. The number of aliphatic hydroxyl groups is 8. The van der Waals surface area contributed by atoms with E-state index in [0.717, 1.165) is 72.3 Å². The molecule has 23 atom stereocenters. The van der Waals surface area contributed by atoms with Crippen LogP contribution in [0.1, 0.15) is 122 Å². The van der Waals surface area contributed by atoms with E-state index in [1.807, 2.05) is 0 Å². The summed E-state index contributed by atoms with van der Waals surface area (Å²) in [5.74, 6) is -16.1. The van der Waals surface area contributed by atoms with Gasteiger partial charge in [-0.05, 0) is 137 Å². The number of fused-ring (bicyclic) bond motifs is 15.